The second-order valence-electron chi connectivity index (χ2n) is 4.96. The number of nitrogens with one attached hydrogen (secondary N) is 1. The van der Waals surface area contributed by atoms with Crippen molar-refractivity contribution in [1.82, 2.24) is 5.32 Å². The summed E-state index contributed by atoms with van der Waals surface area (Å²) < 4.78 is 0. The molecule has 0 saturated heterocycles. The Bertz CT molecular complexity index is 375. The van der Waals surface area contributed by atoms with Gasteiger partial charge < -0.3 is 5.32 Å². The lowest BCUT2D eigenvalue weighted by Gasteiger charge is -2.15. The Balaban J connectivity index is 2.44. The fourth-order valence-electron chi connectivity index (χ4n) is 2.03. The second-order valence-corrected chi connectivity index (χ2v) is 5.22. The first-order valence-electron chi connectivity index (χ1n) is 7.14. The Hall–Kier alpha value is -1.02. The topological polar surface area (TPSA) is 29.1 Å². The molecule has 0 heterocycles. The highest BCUT2D eigenvalue weighted by Crippen LogP contribution is 2.12. The van der Waals surface area contributed by atoms with Crippen LogP contribution in [-0.4, -0.2) is 12.5 Å². The predicted molar refractivity (Wildman–Crippen MR) is 81.6 cm³/mol. The lowest BCUT2D eigenvalue weighted by Crippen LogP contribution is -2.29. The van der Waals surface area contributed by atoms with Crippen LogP contribution >= 0.6 is 11.6 Å². The molecule has 3 heteroatoms. The van der Waals surface area contributed by atoms with E-state index in [9.17, 15) is 4.79 Å². The van der Waals surface area contributed by atoms with Crippen LogP contribution in [0.3, 0.4) is 0 Å². The molecule has 0 spiro atoms. The van der Waals surface area contributed by atoms with E-state index in [0.29, 0.717) is 17.4 Å². The number of unbranched alkanes of at least 4 members (excludes halogenated alkanes) is 1. The molecule has 1 rings (SSSR count). The van der Waals surface area contributed by atoms with E-state index in [2.05, 4.69) is 19.2 Å². The van der Waals surface area contributed by atoms with Crippen molar-refractivity contribution in [2.45, 2.75) is 45.4 Å². The molecule has 0 fully saturated rings. The van der Waals surface area contributed by atoms with Gasteiger partial charge in [-0.2, -0.15) is 0 Å². The summed E-state index contributed by atoms with van der Waals surface area (Å²) in [6.07, 6.45) is 4.76. The zero-order valence-electron chi connectivity index (χ0n) is 11.9. The quantitative estimate of drug-likeness (QED) is 0.704. The van der Waals surface area contributed by atoms with Gasteiger partial charge in [0.2, 0.25) is 0 Å². The van der Waals surface area contributed by atoms with Crippen molar-refractivity contribution >= 4 is 17.5 Å². The van der Waals surface area contributed by atoms with Crippen molar-refractivity contribution in [1.29, 1.82) is 0 Å². The minimum absolute atomic E-state index is 0.0103. The molecule has 1 N–H and O–H groups in total. The Morgan fingerprint density at radius 2 is 1.95 bits per heavy atom. The minimum Gasteiger partial charge on any atom is -0.352 e. The zero-order valence-corrected chi connectivity index (χ0v) is 12.7. The molecule has 1 amide bonds. The monoisotopic (exact) mass is 281 g/mol. The van der Waals surface area contributed by atoms with Crippen LogP contribution in [0.2, 0.25) is 0 Å². The normalized spacial score (nSPS) is 12.2. The van der Waals surface area contributed by atoms with Gasteiger partial charge in [0.25, 0.3) is 5.91 Å². The number of hydrogen-bond donors (Lipinski definition) is 1. The molecule has 0 saturated carbocycles. The first-order valence-corrected chi connectivity index (χ1v) is 7.67. The summed E-state index contributed by atoms with van der Waals surface area (Å²) in [6, 6.07) is 7.46. The van der Waals surface area contributed by atoms with Crippen LogP contribution in [0.5, 0.6) is 0 Å². The number of benzene rings is 1. The van der Waals surface area contributed by atoms with Crippen LogP contribution in [0.4, 0.5) is 0 Å². The molecule has 0 aliphatic heterocycles. The average molecular weight is 282 g/mol. The van der Waals surface area contributed by atoms with Crippen LogP contribution in [-0.2, 0) is 5.88 Å². The molecule has 0 aliphatic carbocycles. The number of amides is 1. The van der Waals surface area contributed by atoms with E-state index in [1.165, 1.54) is 19.3 Å². The fourth-order valence-corrected chi connectivity index (χ4v) is 2.21. The van der Waals surface area contributed by atoms with E-state index < -0.39 is 0 Å². The van der Waals surface area contributed by atoms with Crippen molar-refractivity contribution < 1.29 is 4.79 Å². The maximum atomic E-state index is 12.0. The Morgan fingerprint density at radius 1 is 1.26 bits per heavy atom. The van der Waals surface area contributed by atoms with Crippen molar-refractivity contribution in [3.05, 3.63) is 35.4 Å². The average Bonchev–Trinajstić information content (AvgIpc) is 2.47. The zero-order chi connectivity index (χ0) is 14.1. The molecule has 0 unspecified atom stereocenters. The molecule has 1 aromatic carbocycles. The standard InChI is InChI=1S/C16H24ClNO/c1-3-5-6-13(4-2)12-18-16(19)15-9-7-14(11-17)8-10-15/h7-10,13H,3-6,11-12H2,1-2H3,(H,18,19)/t13-/m1/s1. The van der Waals surface area contributed by atoms with E-state index in [0.717, 1.165) is 18.5 Å². The number of alkyl halides is 1. The van der Waals surface area contributed by atoms with E-state index >= 15 is 0 Å². The maximum absolute atomic E-state index is 12.0. The van der Waals surface area contributed by atoms with Gasteiger partial charge in [-0.15, -0.1) is 11.6 Å². The summed E-state index contributed by atoms with van der Waals surface area (Å²) in [6.45, 7) is 5.15. The minimum atomic E-state index is 0.0103. The van der Waals surface area contributed by atoms with Gasteiger partial charge in [0, 0.05) is 18.0 Å². The largest absolute Gasteiger partial charge is 0.352 e. The summed E-state index contributed by atoms with van der Waals surface area (Å²) in [7, 11) is 0. The number of carbonyl (C=O) groups excluding carboxylic acids is 1. The van der Waals surface area contributed by atoms with Crippen LogP contribution in [0, 0.1) is 5.92 Å². The van der Waals surface area contributed by atoms with Gasteiger partial charge in [-0.3, -0.25) is 4.79 Å². The van der Waals surface area contributed by atoms with Crippen molar-refractivity contribution in [2.75, 3.05) is 6.54 Å². The lowest BCUT2D eigenvalue weighted by atomic mass is 9.99. The molecule has 106 valence electrons. The highest BCUT2D eigenvalue weighted by Gasteiger charge is 2.09. The van der Waals surface area contributed by atoms with Crippen molar-refractivity contribution in [2.24, 2.45) is 5.92 Å². The molecule has 0 aliphatic rings. The summed E-state index contributed by atoms with van der Waals surface area (Å²) in [5, 5.41) is 3.02. The van der Waals surface area contributed by atoms with Crippen LogP contribution in [0.1, 0.15) is 55.5 Å². The molecule has 1 atom stereocenters. The van der Waals surface area contributed by atoms with E-state index in [-0.39, 0.29) is 5.91 Å². The Kier molecular flexibility index (Phi) is 7.57. The number of halogens is 1. The molecule has 0 radical (unpaired) electrons. The number of rotatable bonds is 8. The van der Waals surface area contributed by atoms with Crippen molar-refractivity contribution in [3.8, 4) is 0 Å². The molecular weight excluding hydrogens is 258 g/mol. The summed E-state index contributed by atoms with van der Waals surface area (Å²) in [5.74, 6) is 1.08. The molecule has 0 bridgehead atoms. The SMILES string of the molecule is CCCC[C@@H](CC)CNC(=O)c1ccc(CCl)cc1. The maximum Gasteiger partial charge on any atom is 0.251 e. The smallest absolute Gasteiger partial charge is 0.251 e. The third kappa shape index (κ3) is 5.65. The Morgan fingerprint density at radius 3 is 2.47 bits per heavy atom. The van der Waals surface area contributed by atoms with Gasteiger partial charge >= 0.3 is 0 Å². The van der Waals surface area contributed by atoms with Crippen LogP contribution < -0.4 is 5.32 Å². The molecule has 1 aromatic rings. The molecular formula is C16H24ClNO. The number of hydrogen-bond acceptors (Lipinski definition) is 1. The van der Waals surface area contributed by atoms with Gasteiger partial charge in [0.15, 0.2) is 0 Å². The summed E-state index contributed by atoms with van der Waals surface area (Å²) in [5.41, 5.74) is 1.74. The van der Waals surface area contributed by atoms with E-state index in [1.807, 2.05) is 24.3 Å². The van der Waals surface area contributed by atoms with Crippen LogP contribution in [0.15, 0.2) is 24.3 Å². The van der Waals surface area contributed by atoms with Crippen LogP contribution in [0.25, 0.3) is 0 Å². The van der Waals surface area contributed by atoms with Gasteiger partial charge in [0.1, 0.15) is 0 Å². The van der Waals surface area contributed by atoms with Gasteiger partial charge in [-0.1, -0.05) is 45.2 Å². The summed E-state index contributed by atoms with van der Waals surface area (Å²) >= 11 is 5.73. The first kappa shape index (κ1) is 16.0. The van der Waals surface area contributed by atoms with Gasteiger partial charge in [-0.25, -0.2) is 0 Å². The third-order valence-electron chi connectivity index (χ3n) is 3.46. The van der Waals surface area contributed by atoms with Crippen molar-refractivity contribution in [3.63, 3.8) is 0 Å². The first-order chi connectivity index (χ1) is 9.21. The van der Waals surface area contributed by atoms with E-state index in [1.54, 1.807) is 0 Å². The van der Waals surface area contributed by atoms with E-state index in [4.69, 9.17) is 11.6 Å². The second kappa shape index (κ2) is 8.98. The third-order valence-corrected chi connectivity index (χ3v) is 3.77. The highest BCUT2D eigenvalue weighted by molar-refractivity contribution is 6.17. The molecule has 2 nitrogen and oxygen atoms in total. The molecule has 19 heavy (non-hydrogen) atoms. The summed E-state index contributed by atoms with van der Waals surface area (Å²) in [4.78, 5) is 12.0. The fraction of sp³-hybridized carbons (Fsp3) is 0.562. The number of carbonyl (C=O) groups is 1. The van der Waals surface area contributed by atoms with Gasteiger partial charge in [-0.05, 0) is 30.0 Å². The predicted octanol–water partition coefficient (Wildman–Crippen LogP) is 4.37. The highest BCUT2D eigenvalue weighted by atomic mass is 35.5. The Labute approximate surface area is 121 Å². The van der Waals surface area contributed by atoms with Gasteiger partial charge in [0.05, 0.1) is 0 Å². The molecule has 0 aromatic heterocycles. The lowest BCUT2D eigenvalue weighted by molar-refractivity contribution is 0.0946.